The van der Waals surface area contributed by atoms with E-state index in [2.05, 4.69) is 5.16 Å². The number of alkyl halides is 3. The molecule has 0 amide bonds. The average molecular weight is 525 g/mol. The van der Waals surface area contributed by atoms with Crippen LogP contribution in [0.2, 0.25) is 10.0 Å². The minimum absolute atomic E-state index is 0.0523. The predicted octanol–water partition coefficient (Wildman–Crippen LogP) is 6.92. The summed E-state index contributed by atoms with van der Waals surface area (Å²) in [5.74, 6) is -1.70. The number of nitro groups is 1. The second-order valence-electron chi connectivity index (χ2n) is 7.48. The smallest absolute Gasteiger partial charge is 0.404 e. The summed E-state index contributed by atoms with van der Waals surface area (Å²) in [6.07, 6.45) is -5.94. The van der Waals surface area contributed by atoms with E-state index in [0.717, 1.165) is 24.3 Å². The zero-order valence-corrected chi connectivity index (χ0v) is 18.9. The van der Waals surface area contributed by atoms with Gasteiger partial charge in [0.15, 0.2) is 0 Å². The number of halogens is 5. The average Bonchev–Trinajstić information content (AvgIpc) is 3.24. The van der Waals surface area contributed by atoms with Crippen LogP contribution in [0.25, 0.3) is 11.1 Å². The first-order valence-electron chi connectivity index (χ1n) is 9.84. The number of carbonyl (C=O) groups is 1. The first kappa shape index (κ1) is 24.5. The van der Waals surface area contributed by atoms with Crippen LogP contribution in [0.15, 0.2) is 71.9 Å². The molecule has 35 heavy (non-hydrogen) atoms. The number of esters is 1. The summed E-state index contributed by atoms with van der Waals surface area (Å²) in [6, 6.07) is 15.0. The number of rotatable bonds is 4. The molecule has 3 aromatic rings. The first-order valence-corrected chi connectivity index (χ1v) is 10.6. The van der Waals surface area contributed by atoms with Gasteiger partial charge in [-0.1, -0.05) is 58.7 Å². The van der Waals surface area contributed by atoms with Gasteiger partial charge < -0.3 is 9.57 Å². The molecule has 0 spiro atoms. The number of hydrogen-bond acceptors (Lipinski definition) is 6. The molecule has 4 rings (SSSR count). The molecule has 3 aromatic carbocycles. The molecule has 1 atom stereocenters. The second kappa shape index (κ2) is 9.20. The van der Waals surface area contributed by atoms with E-state index in [1.54, 1.807) is 30.3 Å². The van der Waals surface area contributed by atoms with Crippen LogP contribution < -0.4 is 0 Å². The number of nitrogens with zero attached hydrogens (tertiary/aromatic N) is 2. The van der Waals surface area contributed by atoms with Gasteiger partial charge in [-0.25, -0.2) is 4.79 Å². The van der Waals surface area contributed by atoms with Gasteiger partial charge in [0.05, 0.1) is 16.9 Å². The molecular formula is C23H13Cl2F3N2O5. The summed E-state index contributed by atoms with van der Waals surface area (Å²) >= 11 is 11.7. The van der Waals surface area contributed by atoms with Crippen LogP contribution >= 0.6 is 23.2 Å². The Balaban J connectivity index is 1.66. The lowest BCUT2D eigenvalue weighted by Gasteiger charge is -2.29. The van der Waals surface area contributed by atoms with Crippen LogP contribution in [0, 0.1) is 10.1 Å². The van der Waals surface area contributed by atoms with E-state index in [1.807, 2.05) is 0 Å². The fourth-order valence-corrected chi connectivity index (χ4v) is 4.09. The van der Waals surface area contributed by atoms with E-state index in [-0.39, 0.29) is 26.9 Å². The van der Waals surface area contributed by atoms with Crippen LogP contribution in [0.3, 0.4) is 0 Å². The van der Waals surface area contributed by atoms with Crippen molar-refractivity contribution in [1.29, 1.82) is 0 Å². The van der Waals surface area contributed by atoms with Gasteiger partial charge in [0.2, 0.25) is 5.90 Å². The summed E-state index contributed by atoms with van der Waals surface area (Å²) in [7, 11) is 0. The molecule has 12 heteroatoms. The van der Waals surface area contributed by atoms with Gasteiger partial charge in [-0.3, -0.25) is 10.1 Å². The van der Waals surface area contributed by atoms with Crippen LogP contribution in [-0.4, -0.2) is 23.0 Å². The van der Waals surface area contributed by atoms with Crippen molar-refractivity contribution in [3.8, 4) is 11.1 Å². The van der Waals surface area contributed by atoms with Gasteiger partial charge in [0, 0.05) is 33.3 Å². The molecule has 0 aromatic heterocycles. The van der Waals surface area contributed by atoms with Crippen molar-refractivity contribution >= 4 is 40.8 Å². The maximum absolute atomic E-state index is 14.1. The molecule has 1 unspecified atom stereocenters. The molecule has 1 aliphatic heterocycles. The van der Waals surface area contributed by atoms with Gasteiger partial charge in [0.25, 0.3) is 11.3 Å². The number of non-ortho nitro benzene ring substituents is 1. The van der Waals surface area contributed by atoms with Crippen LogP contribution in [0.4, 0.5) is 18.9 Å². The van der Waals surface area contributed by atoms with E-state index < -0.39 is 40.6 Å². The third kappa shape index (κ3) is 4.80. The lowest BCUT2D eigenvalue weighted by molar-refractivity contribution is -0.384. The zero-order chi connectivity index (χ0) is 25.4. The van der Waals surface area contributed by atoms with Gasteiger partial charge in [-0.15, -0.1) is 0 Å². The van der Waals surface area contributed by atoms with Crippen molar-refractivity contribution in [3.05, 3.63) is 98.0 Å². The Bertz CT molecular complexity index is 1330. The van der Waals surface area contributed by atoms with Crippen LogP contribution in [0.5, 0.6) is 0 Å². The fourth-order valence-electron chi connectivity index (χ4n) is 3.56. The Morgan fingerprint density at radius 3 is 2.31 bits per heavy atom. The highest BCUT2D eigenvalue weighted by Gasteiger charge is 2.63. The molecule has 1 aliphatic rings. The Morgan fingerprint density at radius 2 is 1.71 bits per heavy atom. The van der Waals surface area contributed by atoms with Gasteiger partial charge >= 0.3 is 12.1 Å². The lowest BCUT2D eigenvalue weighted by Crippen LogP contribution is -2.43. The molecule has 0 aliphatic carbocycles. The number of ether oxygens (including phenoxy) is 1. The minimum Gasteiger partial charge on any atom is -0.404 e. The Labute approximate surface area is 205 Å². The number of nitro benzene ring substituents is 1. The highest BCUT2D eigenvalue weighted by Crippen LogP contribution is 2.49. The third-order valence-electron chi connectivity index (χ3n) is 5.22. The Hall–Kier alpha value is -3.63. The van der Waals surface area contributed by atoms with Gasteiger partial charge in [-0.2, -0.15) is 13.2 Å². The molecule has 180 valence electrons. The van der Waals surface area contributed by atoms with Crippen molar-refractivity contribution in [1.82, 2.24) is 0 Å². The summed E-state index contributed by atoms with van der Waals surface area (Å²) < 4.78 is 47.5. The molecule has 7 nitrogen and oxygen atoms in total. The van der Waals surface area contributed by atoms with Crippen LogP contribution in [0.1, 0.15) is 22.3 Å². The van der Waals surface area contributed by atoms with Crippen LogP contribution in [-0.2, 0) is 15.2 Å². The van der Waals surface area contributed by atoms with E-state index in [1.165, 1.54) is 12.1 Å². The second-order valence-corrected chi connectivity index (χ2v) is 8.35. The lowest BCUT2D eigenvalue weighted by atomic mass is 9.90. The van der Waals surface area contributed by atoms with Gasteiger partial charge in [0.1, 0.15) is 0 Å². The molecule has 0 N–H and O–H groups in total. The maximum atomic E-state index is 14.1. The normalized spacial score (nSPS) is 17.5. The summed E-state index contributed by atoms with van der Waals surface area (Å²) in [6.45, 7) is 0. The number of carbonyl (C=O) groups excluding carboxylic acids is 1. The van der Waals surface area contributed by atoms with E-state index in [9.17, 15) is 28.1 Å². The van der Waals surface area contributed by atoms with Gasteiger partial charge in [-0.05, 0) is 29.8 Å². The number of hydrogen-bond donors (Lipinski definition) is 0. The van der Waals surface area contributed by atoms with Crippen molar-refractivity contribution in [2.24, 2.45) is 5.16 Å². The fraction of sp³-hybridized carbons (Fsp3) is 0.130. The Kier molecular flexibility index (Phi) is 6.44. The SMILES string of the molecule is O=C(OC1=NOC(c2cc(Cl)cc(Cl)c2)(C(F)(F)F)C1)c1ccc([N+](=O)[O-])cc1-c1ccccc1. The molecule has 0 fully saturated rings. The molecule has 0 saturated heterocycles. The molecule has 0 saturated carbocycles. The van der Waals surface area contributed by atoms with Crippen molar-refractivity contribution in [2.75, 3.05) is 0 Å². The maximum Gasteiger partial charge on any atom is 0.435 e. The zero-order valence-electron chi connectivity index (χ0n) is 17.4. The number of benzene rings is 3. The van der Waals surface area contributed by atoms with E-state index in [4.69, 9.17) is 32.8 Å². The first-order chi connectivity index (χ1) is 16.5. The summed E-state index contributed by atoms with van der Waals surface area (Å²) in [5.41, 5.74) is -3.17. The molecular weight excluding hydrogens is 512 g/mol. The minimum atomic E-state index is -4.97. The Morgan fingerprint density at radius 1 is 1.06 bits per heavy atom. The van der Waals surface area contributed by atoms with Crippen molar-refractivity contribution in [3.63, 3.8) is 0 Å². The third-order valence-corrected chi connectivity index (χ3v) is 5.66. The van der Waals surface area contributed by atoms with E-state index in [0.29, 0.717) is 5.56 Å². The standard InChI is InChI=1S/C23H13Cl2F3N2O5/c24-15-8-14(9-16(25)10-15)22(23(26,27)28)12-20(29-35-22)34-21(31)18-7-6-17(30(32)33)11-19(18)13-4-2-1-3-5-13/h1-11H,12H2. The quantitative estimate of drug-likeness (QED) is 0.210. The van der Waals surface area contributed by atoms with E-state index >= 15 is 0 Å². The summed E-state index contributed by atoms with van der Waals surface area (Å²) in [5, 5.41) is 14.5. The predicted molar refractivity (Wildman–Crippen MR) is 121 cm³/mol. The number of oxime groups is 1. The monoisotopic (exact) mass is 524 g/mol. The van der Waals surface area contributed by atoms with Crippen molar-refractivity contribution < 1.29 is 32.5 Å². The highest BCUT2D eigenvalue weighted by molar-refractivity contribution is 6.34. The molecule has 0 radical (unpaired) electrons. The largest absolute Gasteiger partial charge is 0.435 e. The molecule has 0 bridgehead atoms. The molecule has 1 heterocycles. The topological polar surface area (TPSA) is 91.0 Å². The van der Waals surface area contributed by atoms with Crippen molar-refractivity contribution in [2.45, 2.75) is 18.2 Å². The summed E-state index contributed by atoms with van der Waals surface area (Å²) in [4.78, 5) is 28.3. The highest BCUT2D eigenvalue weighted by atomic mass is 35.5.